The fourth-order valence-electron chi connectivity index (χ4n) is 1.87. The van der Waals surface area contributed by atoms with Gasteiger partial charge in [-0.2, -0.15) is 0 Å². The highest BCUT2D eigenvalue weighted by molar-refractivity contribution is 7.51. The topological polar surface area (TPSA) is 173 Å². The van der Waals surface area contributed by atoms with Crippen LogP contribution in [0.5, 0.6) is 0 Å². The molecule has 0 amide bonds. The van der Waals surface area contributed by atoms with Crippen LogP contribution in [0, 0.1) is 17.5 Å². The van der Waals surface area contributed by atoms with Crippen LogP contribution in [0.15, 0.2) is 0 Å². The first kappa shape index (κ1) is 21.5. The van der Waals surface area contributed by atoms with Gasteiger partial charge in [-0.05, 0) is 0 Å². The predicted octanol–water partition coefficient (Wildman–Crippen LogP) is 1.14. The highest BCUT2D eigenvalue weighted by Crippen LogP contribution is 2.48. The van der Waals surface area contributed by atoms with E-state index in [1.807, 2.05) is 0 Å². The van der Waals surface area contributed by atoms with Crippen LogP contribution >= 0.6 is 22.8 Å². The molecule has 0 unspecified atom stereocenters. The number of hydrogen-bond donors (Lipinski definition) is 6. The van der Waals surface area contributed by atoms with Gasteiger partial charge in [-0.15, -0.1) is 0 Å². The highest BCUT2D eigenvalue weighted by atomic mass is 31.2. The molecule has 24 heavy (non-hydrogen) atoms. The van der Waals surface area contributed by atoms with Gasteiger partial charge in [-0.3, -0.25) is 13.7 Å². The molecule has 1 rings (SSSR count). The number of benzene rings is 1. The van der Waals surface area contributed by atoms with Crippen molar-refractivity contribution in [3.8, 4) is 0 Å². The summed E-state index contributed by atoms with van der Waals surface area (Å²) in [4.78, 5) is 52.9. The molecule has 0 aliphatic carbocycles. The van der Waals surface area contributed by atoms with E-state index < -0.39 is 75.4 Å². The van der Waals surface area contributed by atoms with Crippen molar-refractivity contribution in [2.45, 2.75) is 18.5 Å². The Bertz CT molecular complexity index is 667. The van der Waals surface area contributed by atoms with Crippen LogP contribution in [0.3, 0.4) is 0 Å². The summed E-state index contributed by atoms with van der Waals surface area (Å²) in [5.41, 5.74) is -4.26. The third-order valence-electron chi connectivity index (χ3n) is 2.68. The molecule has 6 N–H and O–H groups in total. The Morgan fingerprint density at radius 1 is 0.542 bits per heavy atom. The molecular weight excluding hydrogens is 402 g/mol. The Kier molecular flexibility index (Phi) is 6.27. The van der Waals surface area contributed by atoms with Gasteiger partial charge < -0.3 is 29.4 Å². The van der Waals surface area contributed by atoms with E-state index in [0.29, 0.717) is 0 Å². The molecule has 0 radical (unpaired) electrons. The molecule has 1 aromatic rings. The van der Waals surface area contributed by atoms with Gasteiger partial charge in [-0.1, -0.05) is 0 Å². The molecular formula is C9H12F3O9P3. The van der Waals surface area contributed by atoms with Crippen LogP contribution in [-0.4, -0.2) is 29.4 Å². The van der Waals surface area contributed by atoms with E-state index in [0.717, 1.165) is 0 Å². The molecule has 0 spiro atoms. The van der Waals surface area contributed by atoms with Gasteiger partial charge in [-0.25, -0.2) is 13.2 Å². The van der Waals surface area contributed by atoms with Crippen molar-refractivity contribution in [2.75, 3.05) is 0 Å². The predicted molar refractivity (Wildman–Crippen MR) is 73.6 cm³/mol. The molecule has 138 valence electrons. The van der Waals surface area contributed by atoms with Crippen molar-refractivity contribution in [1.82, 2.24) is 0 Å². The lowest BCUT2D eigenvalue weighted by atomic mass is 10.0. The van der Waals surface area contributed by atoms with Crippen LogP contribution in [-0.2, 0) is 32.2 Å². The van der Waals surface area contributed by atoms with Gasteiger partial charge in [0.1, 0.15) is 17.5 Å². The Hall–Kier alpha value is -0.540. The van der Waals surface area contributed by atoms with Crippen molar-refractivity contribution < 1.29 is 56.2 Å². The lowest BCUT2D eigenvalue weighted by molar-refractivity contribution is 0.367. The zero-order chi connectivity index (χ0) is 19.1. The van der Waals surface area contributed by atoms with Crippen molar-refractivity contribution in [3.05, 3.63) is 34.1 Å². The lowest BCUT2D eigenvalue weighted by Crippen LogP contribution is -2.11. The SMILES string of the molecule is O=P(O)(O)Cc1c(F)c(CP(=O)(O)O)c(F)c(CP(=O)(O)O)c1F. The average molecular weight is 414 g/mol. The zero-order valence-corrected chi connectivity index (χ0v) is 14.2. The Morgan fingerprint density at radius 2 is 0.708 bits per heavy atom. The fraction of sp³-hybridized carbons (Fsp3) is 0.333. The summed E-state index contributed by atoms with van der Waals surface area (Å²) in [6.45, 7) is 0. The van der Waals surface area contributed by atoms with E-state index in [2.05, 4.69) is 0 Å². The van der Waals surface area contributed by atoms with Crippen molar-refractivity contribution in [1.29, 1.82) is 0 Å². The third-order valence-corrected chi connectivity index (χ3v) is 4.87. The first-order valence-corrected chi connectivity index (χ1v) is 11.2. The van der Waals surface area contributed by atoms with E-state index in [1.165, 1.54) is 0 Å². The van der Waals surface area contributed by atoms with Crippen LogP contribution in [0.4, 0.5) is 13.2 Å². The van der Waals surface area contributed by atoms with E-state index in [-0.39, 0.29) is 0 Å². The average Bonchev–Trinajstić information content (AvgIpc) is 2.32. The van der Waals surface area contributed by atoms with E-state index in [1.54, 1.807) is 0 Å². The zero-order valence-electron chi connectivity index (χ0n) is 11.5. The summed E-state index contributed by atoms with van der Waals surface area (Å²) >= 11 is 0. The van der Waals surface area contributed by atoms with E-state index in [9.17, 15) is 26.9 Å². The number of rotatable bonds is 6. The van der Waals surface area contributed by atoms with Gasteiger partial charge in [0, 0.05) is 16.7 Å². The molecule has 0 heterocycles. The molecule has 0 atom stereocenters. The van der Waals surface area contributed by atoms with E-state index in [4.69, 9.17) is 29.4 Å². The normalized spacial score (nSPS) is 13.4. The van der Waals surface area contributed by atoms with E-state index >= 15 is 0 Å². The molecule has 9 nitrogen and oxygen atoms in total. The summed E-state index contributed by atoms with van der Waals surface area (Å²) in [6, 6.07) is 0. The third kappa shape index (κ3) is 6.07. The second-order valence-electron chi connectivity index (χ2n) is 4.85. The van der Waals surface area contributed by atoms with Crippen LogP contribution < -0.4 is 0 Å². The number of hydrogen-bond acceptors (Lipinski definition) is 3. The van der Waals surface area contributed by atoms with Crippen LogP contribution in [0.1, 0.15) is 16.7 Å². The largest absolute Gasteiger partial charge is 0.330 e. The van der Waals surface area contributed by atoms with Crippen LogP contribution in [0.2, 0.25) is 0 Å². The van der Waals surface area contributed by atoms with Crippen molar-refractivity contribution in [2.24, 2.45) is 0 Å². The van der Waals surface area contributed by atoms with Gasteiger partial charge in [0.05, 0.1) is 18.5 Å². The Balaban J connectivity index is 3.74. The maximum Gasteiger partial charge on any atom is 0.330 e. The lowest BCUT2D eigenvalue weighted by Gasteiger charge is -2.17. The minimum Gasteiger partial charge on any atom is -0.324 e. The standard InChI is InChI=1S/C9H12F3O9P3/c10-7-4(1-22(13,14)15)8(11)6(3-24(19,20)21)9(12)5(7)2-23(16,17)18/h1-3H2,(H2,13,14,15)(H2,16,17,18)(H2,19,20,21). The molecule has 0 aromatic heterocycles. The monoisotopic (exact) mass is 414 g/mol. The summed E-state index contributed by atoms with van der Waals surface area (Å²) in [7, 11) is -15.3. The maximum absolute atomic E-state index is 14.1. The molecule has 0 aliphatic heterocycles. The number of halogens is 3. The molecule has 0 bridgehead atoms. The second kappa shape index (κ2) is 6.99. The second-order valence-corrected chi connectivity index (χ2v) is 9.78. The van der Waals surface area contributed by atoms with Gasteiger partial charge in [0.15, 0.2) is 0 Å². The summed E-state index contributed by atoms with van der Waals surface area (Å²) in [5.74, 6) is -5.82. The van der Waals surface area contributed by atoms with Crippen LogP contribution in [0.25, 0.3) is 0 Å². The first-order chi connectivity index (χ1) is 10.5. The summed E-state index contributed by atoms with van der Waals surface area (Å²) < 4.78 is 75.2. The molecule has 0 fully saturated rings. The van der Waals surface area contributed by atoms with Crippen molar-refractivity contribution >= 4 is 22.8 Å². The minimum atomic E-state index is -5.09. The molecule has 0 saturated heterocycles. The smallest absolute Gasteiger partial charge is 0.324 e. The summed E-state index contributed by atoms with van der Waals surface area (Å²) in [6.07, 6.45) is -4.77. The Labute approximate surface area is 132 Å². The highest BCUT2D eigenvalue weighted by Gasteiger charge is 2.33. The van der Waals surface area contributed by atoms with Gasteiger partial charge in [0.2, 0.25) is 0 Å². The fourth-order valence-corrected chi connectivity index (χ4v) is 3.94. The van der Waals surface area contributed by atoms with Gasteiger partial charge >= 0.3 is 22.8 Å². The quantitative estimate of drug-likeness (QED) is 0.373. The maximum atomic E-state index is 14.1. The first-order valence-electron chi connectivity index (χ1n) is 5.82. The molecule has 15 heteroatoms. The minimum absolute atomic E-state index is 1.42. The summed E-state index contributed by atoms with van der Waals surface area (Å²) in [5, 5.41) is 0. The van der Waals surface area contributed by atoms with Crippen molar-refractivity contribution in [3.63, 3.8) is 0 Å². The molecule has 0 aliphatic rings. The molecule has 0 saturated carbocycles. The molecule has 1 aromatic carbocycles. The Morgan fingerprint density at radius 3 is 0.833 bits per heavy atom. The van der Waals surface area contributed by atoms with Gasteiger partial charge in [0.25, 0.3) is 0 Å².